The van der Waals surface area contributed by atoms with E-state index in [9.17, 15) is 0 Å². The fourth-order valence-corrected chi connectivity index (χ4v) is 2.93. The molecular weight excluding hydrogens is 277 g/mol. The molecule has 0 saturated carbocycles. The number of nitrogens with zero attached hydrogens (tertiary/aromatic N) is 2. The number of benzene rings is 1. The lowest BCUT2D eigenvalue weighted by Crippen LogP contribution is -2.43. The van der Waals surface area contributed by atoms with Gasteiger partial charge in [0.25, 0.3) is 0 Å². The van der Waals surface area contributed by atoms with Crippen LogP contribution >= 0.6 is 0 Å². The molecule has 4 rings (SSSR count). The van der Waals surface area contributed by atoms with E-state index < -0.39 is 0 Å². The first-order chi connectivity index (χ1) is 10.4. The lowest BCUT2D eigenvalue weighted by molar-refractivity contribution is 0.00578. The van der Waals surface area contributed by atoms with Crippen LogP contribution < -0.4 is 10.8 Å². The highest BCUT2D eigenvalue weighted by molar-refractivity contribution is 6.62. The van der Waals surface area contributed by atoms with Gasteiger partial charge in [0.15, 0.2) is 0 Å². The zero-order chi connectivity index (χ0) is 15.5. The second-order valence-corrected chi connectivity index (χ2v) is 7.30. The van der Waals surface area contributed by atoms with E-state index in [1.165, 1.54) is 0 Å². The van der Waals surface area contributed by atoms with Crippen LogP contribution in [0.15, 0.2) is 24.5 Å². The van der Waals surface area contributed by atoms with Crippen molar-refractivity contribution >= 4 is 23.6 Å². The Kier molecular flexibility index (Phi) is 2.96. The van der Waals surface area contributed by atoms with Crippen molar-refractivity contribution in [3.05, 3.63) is 24.5 Å². The van der Waals surface area contributed by atoms with Crippen LogP contribution in [0.3, 0.4) is 0 Å². The second-order valence-electron chi connectivity index (χ2n) is 7.30. The molecule has 1 aromatic carbocycles. The van der Waals surface area contributed by atoms with Gasteiger partial charge in [-0.15, -0.1) is 0 Å². The van der Waals surface area contributed by atoms with Gasteiger partial charge in [0.1, 0.15) is 0 Å². The molecule has 0 atom stereocenters. The Labute approximate surface area is 131 Å². The van der Waals surface area contributed by atoms with Gasteiger partial charge >= 0.3 is 7.12 Å². The molecule has 3 heterocycles. The SMILES string of the molecule is CC1(C)OB(c2ccc3ncn(C4CNC4)c3c2)OC1(C)C. The maximum absolute atomic E-state index is 6.15. The minimum Gasteiger partial charge on any atom is -0.399 e. The summed E-state index contributed by atoms with van der Waals surface area (Å²) in [6.45, 7) is 10.3. The minimum atomic E-state index is -0.322. The molecule has 1 N–H and O–H groups in total. The molecule has 22 heavy (non-hydrogen) atoms. The zero-order valence-electron chi connectivity index (χ0n) is 13.6. The smallest absolute Gasteiger partial charge is 0.399 e. The van der Waals surface area contributed by atoms with Gasteiger partial charge in [-0.2, -0.15) is 0 Å². The van der Waals surface area contributed by atoms with Crippen molar-refractivity contribution in [2.24, 2.45) is 0 Å². The summed E-state index contributed by atoms with van der Waals surface area (Å²) in [5.41, 5.74) is 2.60. The maximum atomic E-state index is 6.15. The first-order valence-corrected chi connectivity index (χ1v) is 7.90. The molecule has 2 saturated heterocycles. The summed E-state index contributed by atoms with van der Waals surface area (Å²) >= 11 is 0. The molecular formula is C16H22BN3O2. The maximum Gasteiger partial charge on any atom is 0.494 e. The fraction of sp³-hybridized carbons (Fsp3) is 0.562. The van der Waals surface area contributed by atoms with E-state index in [0.717, 1.165) is 29.6 Å². The Hall–Kier alpha value is -1.37. The molecule has 2 fully saturated rings. The molecule has 0 radical (unpaired) electrons. The Balaban J connectivity index is 1.71. The van der Waals surface area contributed by atoms with Crippen LogP contribution in [0.2, 0.25) is 0 Å². The molecule has 0 unspecified atom stereocenters. The lowest BCUT2D eigenvalue weighted by atomic mass is 9.79. The summed E-state index contributed by atoms with van der Waals surface area (Å²) in [7, 11) is -0.322. The molecule has 116 valence electrons. The molecule has 0 aliphatic carbocycles. The predicted octanol–water partition coefficient (Wildman–Crippen LogP) is 1.48. The molecule has 0 bridgehead atoms. The summed E-state index contributed by atoms with van der Waals surface area (Å²) in [6, 6.07) is 6.76. The highest BCUT2D eigenvalue weighted by atomic mass is 16.7. The number of nitrogens with one attached hydrogen (secondary N) is 1. The van der Waals surface area contributed by atoms with Gasteiger partial charge in [0.2, 0.25) is 0 Å². The average Bonchev–Trinajstić information content (AvgIpc) is 2.87. The summed E-state index contributed by atoms with van der Waals surface area (Å²) in [5.74, 6) is 0. The first kappa shape index (κ1) is 14.2. The number of fused-ring (bicyclic) bond motifs is 1. The van der Waals surface area contributed by atoms with Crippen molar-refractivity contribution < 1.29 is 9.31 Å². The fourth-order valence-electron chi connectivity index (χ4n) is 2.93. The number of aromatic nitrogens is 2. The number of rotatable bonds is 2. The zero-order valence-corrected chi connectivity index (χ0v) is 13.6. The summed E-state index contributed by atoms with van der Waals surface area (Å²) in [4.78, 5) is 4.50. The third kappa shape index (κ3) is 2.01. The van der Waals surface area contributed by atoms with Crippen LogP contribution in [-0.4, -0.2) is 41.0 Å². The van der Waals surface area contributed by atoms with E-state index in [1.54, 1.807) is 0 Å². The van der Waals surface area contributed by atoms with Gasteiger partial charge in [-0.05, 0) is 45.3 Å². The van der Waals surface area contributed by atoms with E-state index in [-0.39, 0.29) is 18.3 Å². The molecule has 6 heteroatoms. The highest BCUT2D eigenvalue weighted by Gasteiger charge is 2.51. The van der Waals surface area contributed by atoms with Gasteiger partial charge in [0, 0.05) is 13.1 Å². The monoisotopic (exact) mass is 299 g/mol. The number of hydrogen-bond acceptors (Lipinski definition) is 4. The second kappa shape index (κ2) is 4.57. The van der Waals surface area contributed by atoms with Gasteiger partial charge in [0.05, 0.1) is 34.6 Å². The van der Waals surface area contributed by atoms with Crippen LogP contribution in [-0.2, 0) is 9.31 Å². The van der Waals surface area contributed by atoms with Crippen LogP contribution in [0.5, 0.6) is 0 Å². The van der Waals surface area contributed by atoms with Gasteiger partial charge < -0.3 is 19.2 Å². The van der Waals surface area contributed by atoms with Crippen LogP contribution in [0, 0.1) is 0 Å². The van der Waals surface area contributed by atoms with Crippen molar-refractivity contribution in [2.45, 2.75) is 44.9 Å². The predicted molar refractivity (Wildman–Crippen MR) is 87.4 cm³/mol. The highest BCUT2D eigenvalue weighted by Crippen LogP contribution is 2.36. The molecule has 5 nitrogen and oxygen atoms in total. The van der Waals surface area contributed by atoms with Crippen molar-refractivity contribution in [1.29, 1.82) is 0 Å². The van der Waals surface area contributed by atoms with Crippen molar-refractivity contribution in [2.75, 3.05) is 13.1 Å². The molecule has 2 aliphatic rings. The number of hydrogen-bond donors (Lipinski definition) is 1. The Morgan fingerprint density at radius 3 is 2.45 bits per heavy atom. The van der Waals surface area contributed by atoms with Crippen LogP contribution in [0.1, 0.15) is 33.7 Å². The van der Waals surface area contributed by atoms with E-state index in [1.807, 2.05) is 6.33 Å². The normalized spacial score (nSPS) is 23.9. The molecule has 0 spiro atoms. The summed E-state index contributed by atoms with van der Waals surface area (Å²) in [6.07, 6.45) is 1.93. The summed E-state index contributed by atoms with van der Waals surface area (Å²) < 4.78 is 14.6. The van der Waals surface area contributed by atoms with Gasteiger partial charge in [-0.3, -0.25) is 0 Å². The lowest BCUT2D eigenvalue weighted by Gasteiger charge is -2.32. The standard InChI is InChI=1S/C16H22BN3O2/c1-15(2)16(3,4)22-17(21-15)11-5-6-13-14(7-11)20(10-19-13)12-8-18-9-12/h5-7,10,12,18H,8-9H2,1-4H3. The Bertz CT molecular complexity index is 705. The van der Waals surface area contributed by atoms with Crippen molar-refractivity contribution in [3.63, 3.8) is 0 Å². The number of imidazole rings is 1. The van der Waals surface area contributed by atoms with Crippen LogP contribution in [0.25, 0.3) is 11.0 Å². The van der Waals surface area contributed by atoms with Crippen LogP contribution in [0.4, 0.5) is 0 Å². The molecule has 2 aliphatic heterocycles. The minimum absolute atomic E-state index is 0.315. The van der Waals surface area contributed by atoms with Crippen molar-refractivity contribution in [3.8, 4) is 0 Å². The van der Waals surface area contributed by atoms with Gasteiger partial charge in [-0.25, -0.2) is 4.98 Å². The molecule has 1 aromatic heterocycles. The largest absolute Gasteiger partial charge is 0.494 e. The van der Waals surface area contributed by atoms with Gasteiger partial charge in [-0.1, -0.05) is 6.07 Å². The van der Waals surface area contributed by atoms with E-state index in [0.29, 0.717) is 6.04 Å². The average molecular weight is 299 g/mol. The first-order valence-electron chi connectivity index (χ1n) is 7.90. The third-order valence-electron chi connectivity index (χ3n) is 5.28. The summed E-state index contributed by atoms with van der Waals surface area (Å²) in [5, 5.41) is 3.31. The van der Waals surface area contributed by atoms with E-state index >= 15 is 0 Å². The Morgan fingerprint density at radius 1 is 1.18 bits per heavy atom. The van der Waals surface area contributed by atoms with Crippen molar-refractivity contribution in [1.82, 2.24) is 14.9 Å². The third-order valence-corrected chi connectivity index (χ3v) is 5.28. The molecule has 2 aromatic rings. The van der Waals surface area contributed by atoms with E-state index in [4.69, 9.17) is 9.31 Å². The quantitative estimate of drug-likeness (QED) is 0.853. The molecule has 0 amide bonds. The topological polar surface area (TPSA) is 48.3 Å². The Morgan fingerprint density at radius 2 is 1.86 bits per heavy atom. The van der Waals surface area contributed by atoms with E-state index in [2.05, 4.69) is 60.8 Å².